The number of pyridine rings is 1. The normalized spacial score (nSPS) is 11.3. The summed E-state index contributed by atoms with van der Waals surface area (Å²) in [6.45, 7) is 0. The monoisotopic (exact) mass is 282 g/mol. The molecule has 0 spiro atoms. The Hall–Kier alpha value is -3.02. The molecule has 2 aromatic heterocycles. The molecule has 1 aromatic carbocycles. The van der Waals surface area contributed by atoms with Gasteiger partial charge >= 0.3 is 6.03 Å². The molecule has 21 heavy (non-hydrogen) atoms. The van der Waals surface area contributed by atoms with Crippen LogP contribution in [0, 0.1) is 5.82 Å². The number of benzene rings is 1. The zero-order valence-electron chi connectivity index (χ0n) is 10.9. The van der Waals surface area contributed by atoms with Gasteiger partial charge in [0.2, 0.25) is 0 Å². The van der Waals surface area contributed by atoms with Crippen LogP contribution < -0.4 is 5.73 Å². The van der Waals surface area contributed by atoms with Crippen molar-refractivity contribution < 1.29 is 9.18 Å². The molecule has 6 heteroatoms. The number of hydrogen-bond donors (Lipinski definition) is 1. The second kappa shape index (κ2) is 5.16. The maximum absolute atomic E-state index is 13.9. The summed E-state index contributed by atoms with van der Waals surface area (Å²) < 4.78 is 14.7. The number of fused-ring (bicyclic) bond motifs is 1. The zero-order chi connectivity index (χ0) is 14.8. The molecule has 104 valence electrons. The van der Waals surface area contributed by atoms with Crippen LogP contribution in [0.3, 0.4) is 0 Å². The molecule has 2 heterocycles. The van der Waals surface area contributed by atoms with E-state index in [2.05, 4.69) is 10.1 Å². The van der Waals surface area contributed by atoms with Crippen molar-refractivity contribution in [3.8, 4) is 0 Å². The third kappa shape index (κ3) is 2.38. The van der Waals surface area contributed by atoms with E-state index in [-0.39, 0.29) is 5.52 Å². The van der Waals surface area contributed by atoms with Gasteiger partial charge in [-0.25, -0.2) is 9.18 Å². The lowest BCUT2D eigenvalue weighted by Gasteiger charge is -1.96. The molecule has 0 atom stereocenters. The Morgan fingerprint density at radius 2 is 2.05 bits per heavy atom. The predicted molar refractivity (Wildman–Crippen MR) is 77.8 cm³/mol. The standard InChI is InChI=1S/C15H11FN4O/c16-12-6-3-5-11-13(19-20(14(11)12)15(17)21)8-7-10-4-1-2-9-18-10/h1-9H,(H2,17,21)/b8-7+. The number of para-hydroxylation sites is 1. The van der Waals surface area contributed by atoms with Crippen LogP contribution in [0.25, 0.3) is 23.1 Å². The van der Waals surface area contributed by atoms with Crippen LogP contribution in [0.4, 0.5) is 9.18 Å². The van der Waals surface area contributed by atoms with Crippen LogP contribution in [-0.4, -0.2) is 20.8 Å². The van der Waals surface area contributed by atoms with Gasteiger partial charge in [-0.1, -0.05) is 18.2 Å². The summed E-state index contributed by atoms with van der Waals surface area (Å²) in [5, 5.41) is 4.57. The van der Waals surface area contributed by atoms with Crippen molar-refractivity contribution in [2.24, 2.45) is 5.73 Å². The van der Waals surface area contributed by atoms with Gasteiger partial charge in [0.1, 0.15) is 11.3 Å². The first-order chi connectivity index (χ1) is 10.2. The van der Waals surface area contributed by atoms with Crippen molar-refractivity contribution in [3.05, 3.63) is 59.8 Å². The maximum Gasteiger partial charge on any atom is 0.340 e. The van der Waals surface area contributed by atoms with Crippen molar-refractivity contribution in [2.75, 3.05) is 0 Å². The Bertz CT molecular complexity index is 840. The second-order valence-corrected chi connectivity index (χ2v) is 4.36. The number of aromatic nitrogens is 3. The van der Waals surface area contributed by atoms with Crippen molar-refractivity contribution in [3.63, 3.8) is 0 Å². The molecular formula is C15H11FN4O. The molecule has 2 N–H and O–H groups in total. The van der Waals surface area contributed by atoms with Crippen molar-refractivity contribution >= 4 is 29.1 Å². The third-order valence-electron chi connectivity index (χ3n) is 2.99. The summed E-state index contributed by atoms with van der Waals surface area (Å²) in [6.07, 6.45) is 5.07. The molecular weight excluding hydrogens is 271 g/mol. The van der Waals surface area contributed by atoms with Crippen LogP contribution in [0.15, 0.2) is 42.6 Å². The maximum atomic E-state index is 13.9. The topological polar surface area (TPSA) is 73.8 Å². The number of nitrogens with zero attached hydrogens (tertiary/aromatic N) is 3. The zero-order valence-corrected chi connectivity index (χ0v) is 10.9. The quantitative estimate of drug-likeness (QED) is 0.785. The van der Waals surface area contributed by atoms with Gasteiger partial charge in [0.25, 0.3) is 0 Å². The van der Waals surface area contributed by atoms with Gasteiger partial charge in [-0.3, -0.25) is 4.98 Å². The van der Waals surface area contributed by atoms with E-state index in [0.29, 0.717) is 11.1 Å². The minimum absolute atomic E-state index is 0.0747. The van der Waals surface area contributed by atoms with E-state index < -0.39 is 11.8 Å². The fraction of sp³-hybridized carbons (Fsp3) is 0. The van der Waals surface area contributed by atoms with Crippen LogP contribution in [0.1, 0.15) is 11.4 Å². The van der Waals surface area contributed by atoms with Gasteiger partial charge in [0.05, 0.1) is 11.4 Å². The van der Waals surface area contributed by atoms with Gasteiger partial charge in [-0.15, -0.1) is 0 Å². The summed E-state index contributed by atoms with van der Waals surface area (Å²) in [7, 11) is 0. The van der Waals surface area contributed by atoms with E-state index in [0.717, 1.165) is 10.4 Å². The average Bonchev–Trinajstić information content (AvgIpc) is 2.87. The molecule has 0 saturated carbocycles. The number of rotatable bonds is 2. The molecule has 0 aliphatic carbocycles. The molecule has 0 unspecified atom stereocenters. The molecule has 0 saturated heterocycles. The molecule has 1 amide bonds. The average molecular weight is 282 g/mol. The summed E-state index contributed by atoms with van der Waals surface area (Å²) >= 11 is 0. The molecule has 0 aliphatic heterocycles. The van der Waals surface area contributed by atoms with E-state index in [1.54, 1.807) is 30.5 Å². The van der Waals surface area contributed by atoms with Gasteiger partial charge in [0.15, 0.2) is 0 Å². The Morgan fingerprint density at radius 3 is 2.76 bits per heavy atom. The fourth-order valence-corrected chi connectivity index (χ4v) is 2.07. The molecule has 0 aliphatic rings. The van der Waals surface area contributed by atoms with E-state index >= 15 is 0 Å². The van der Waals surface area contributed by atoms with Gasteiger partial charge in [-0.05, 0) is 30.4 Å². The first-order valence-electron chi connectivity index (χ1n) is 6.23. The lowest BCUT2D eigenvalue weighted by molar-refractivity contribution is 0.248. The van der Waals surface area contributed by atoms with E-state index in [9.17, 15) is 9.18 Å². The molecule has 0 fully saturated rings. The van der Waals surface area contributed by atoms with Crippen molar-refractivity contribution in [1.29, 1.82) is 0 Å². The SMILES string of the molecule is NC(=O)n1nc(/C=C/c2ccccn2)c2cccc(F)c21. The van der Waals surface area contributed by atoms with E-state index in [4.69, 9.17) is 5.73 Å². The molecule has 3 aromatic rings. The van der Waals surface area contributed by atoms with Gasteiger partial charge in [-0.2, -0.15) is 9.78 Å². The predicted octanol–water partition coefficient (Wildman–Crippen LogP) is 2.67. The fourth-order valence-electron chi connectivity index (χ4n) is 2.07. The summed E-state index contributed by atoms with van der Waals surface area (Å²) in [6, 6.07) is 9.16. The van der Waals surface area contributed by atoms with Crippen LogP contribution in [-0.2, 0) is 0 Å². The number of primary amides is 1. The van der Waals surface area contributed by atoms with Crippen LogP contribution in [0.2, 0.25) is 0 Å². The molecule has 3 rings (SSSR count). The molecule has 5 nitrogen and oxygen atoms in total. The van der Waals surface area contributed by atoms with Gasteiger partial charge in [0, 0.05) is 11.6 Å². The number of carbonyl (C=O) groups excluding carboxylic acids is 1. The van der Waals surface area contributed by atoms with Gasteiger partial charge < -0.3 is 5.73 Å². The number of halogens is 1. The number of nitrogens with two attached hydrogens (primary N) is 1. The van der Waals surface area contributed by atoms with Crippen molar-refractivity contribution in [1.82, 2.24) is 14.8 Å². The van der Waals surface area contributed by atoms with Crippen molar-refractivity contribution in [2.45, 2.75) is 0 Å². The number of amides is 1. The highest BCUT2D eigenvalue weighted by molar-refractivity contribution is 5.95. The minimum Gasteiger partial charge on any atom is -0.350 e. The highest BCUT2D eigenvalue weighted by Gasteiger charge is 2.15. The molecule has 0 radical (unpaired) electrons. The highest BCUT2D eigenvalue weighted by atomic mass is 19.1. The Morgan fingerprint density at radius 1 is 1.19 bits per heavy atom. The Kier molecular flexibility index (Phi) is 3.19. The van der Waals surface area contributed by atoms with E-state index in [1.807, 2.05) is 18.2 Å². The smallest absolute Gasteiger partial charge is 0.340 e. The van der Waals surface area contributed by atoms with Crippen LogP contribution in [0.5, 0.6) is 0 Å². The summed E-state index contributed by atoms with van der Waals surface area (Å²) in [5.41, 5.74) is 6.49. The third-order valence-corrected chi connectivity index (χ3v) is 2.99. The lowest BCUT2D eigenvalue weighted by atomic mass is 10.2. The first-order valence-corrected chi connectivity index (χ1v) is 6.23. The van der Waals surface area contributed by atoms with E-state index in [1.165, 1.54) is 6.07 Å². The number of hydrogen-bond acceptors (Lipinski definition) is 3. The Balaban J connectivity index is 2.13. The summed E-state index contributed by atoms with van der Waals surface area (Å²) in [4.78, 5) is 15.5. The lowest BCUT2D eigenvalue weighted by Crippen LogP contribution is -2.21. The summed E-state index contributed by atoms with van der Waals surface area (Å²) in [5.74, 6) is -0.545. The van der Waals surface area contributed by atoms with Crippen LogP contribution >= 0.6 is 0 Å². The second-order valence-electron chi connectivity index (χ2n) is 4.36. The molecule has 0 bridgehead atoms. The highest BCUT2D eigenvalue weighted by Crippen LogP contribution is 2.22. The largest absolute Gasteiger partial charge is 0.350 e. The Labute approximate surface area is 119 Å². The first kappa shape index (κ1) is 13.0. The minimum atomic E-state index is -0.831. The number of carbonyl (C=O) groups is 1.